The van der Waals surface area contributed by atoms with Gasteiger partial charge in [-0.25, -0.2) is 9.78 Å². The van der Waals surface area contributed by atoms with Crippen LogP contribution < -0.4 is 5.32 Å². The molecule has 0 aliphatic carbocycles. The van der Waals surface area contributed by atoms with Crippen LogP contribution >= 0.6 is 11.3 Å². The van der Waals surface area contributed by atoms with Crippen molar-refractivity contribution in [2.75, 3.05) is 18.9 Å². The van der Waals surface area contributed by atoms with Gasteiger partial charge in [0.25, 0.3) is 0 Å². The lowest BCUT2D eigenvalue weighted by Gasteiger charge is -2.15. The van der Waals surface area contributed by atoms with Gasteiger partial charge >= 0.3 is 12.0 Å². The second kappa shape index (κ2) is 5.30. The van der Waals surface area contributed by atoms with E-state index in [0.29, 0.717) is 5.13 Å². The van der Waals surface area contributed by atoms with E-state index in [-0.39, 0.29) is 19.0 Å². The van der Waals surface area contributed by atoms with Gasteiger partial charge < -0.3 is 10.0 Å². The van der Waals surface area contributed by atoms with Crippen molar-refractivity contribution in [3.8, 4) is 0 Å². The highest BCUT2D eigenvalue weighted by atomic mass is 32.1. The Morgan fingerprint density at radius 3 is 2.93 bits per heavy atom. The number of urea groups is 1. The van der Waals surface area contributed by atoms with Gasteiger partial charge in [0, 0.05) is 25.2 Å². The van der Waals surface area contributed by atoms with Crippen molar-refractivity contribution in [1.29, 1.82) is 0 Å². The molecule has 1 aromatic rings. The van der Waals surface area contributed by atoms with Crippen molar-refractivity contribution in [2.24, 2.45) is 0 Å². The molecule has 0 saturated carbocycles. The number of thiazole rings is 1. The largest absolute Gasteiger partial charge is 0.481 e. The number of amides is 2. The van der Waals surface area contributed by atoms with Crippen LogP contribution in [0.1, 0.15) is 6.42 Å². The lowest BCUT2D eigenvalue weighted by Crippen LogP contribution is -2.32. The number of carbonyl (C=O) groups excluding carboxylic acids is 1. The summed E-state index contributed by atoms with van der Waals surface area (Å²) in [5.41, 5.74) is 0. The van der Waals surface area contributed by atoms with Gasteiger partial charge in [-0.2, -0.15) is 0 Å². The van der Waals surface area contributed by atoms with Crippen molar-refractivity contribution in [3.05, 3.63) is 11.6 Å². The molecule has 0 spiro atoms. The second-order valence-electron chi connectivity index (χ2n) is 2.83. The lowest BCUT2D eigenvalue weighted by molar-refractivity contribution is -0.137. The maximum atomic E-state index is 11.4. The average molecular weight is 229 g/mol. The van der Waals surface area contributed by atoms with E-state index >= 15 is 0 Å². The number of aromatic nitrogens is 1. The Labute approximate surface area is 90.5 Å². The number of nitrogens with zero attached hydrogens (tertiary/aromatic N) is 2. The summed E-state index contributed by atoms with van der Waals surface area (Å²) in [4.78, 5) is 26.9. The Balaban J connectivity index is 2.36. The molecule has 0 aliphatic rings. The van der Waals surface area contributed by atoms with Gasteiger partial charge in [-0.05, 0) is 0 Å². The quantitative estimate of drug-likeness (QED) is 0.809. The van der Waals surface area contributed by atoms with E-state index in [4.69, 9.17) is 5.11 Å². The molecule has 15 heavy (non-hydrogen) atoms. The van der Waals surface area contributed by atoms with Gasteiger partial charge in [-0.1, -0.05) is 0 Å². The van der Waals surface area contributed by atoms with Gasteiger partial charge in [0.1, 0.15) is 0 Å². The number of hydrogen-bond acceptors (Lipinski definition) is 4. The molecule has 0 unspecified atom stereocenters. The highest BCUT2D eigenvalue weighted by molar-refractivity contribution is 7.13. The fourth-order valence-corrected chi connectivity index (χ4v) is 1.36. The normalized spacial score (nSPS) is 9.67. The summed E-state index contributed by atoms with van der Waals surface area (Å²) in [7, 11) is 1.53. The van der Waals surface area contributed by atoms with E-state index in [1.165, 1.54) is 23.3 Å². The van der Waals surface area contributed by atoms with Gasteiger partial charge in [-0.15, -0.1) is 11.3 Å². The first-order chi connectivity index (χ1) is 7.09. The minimum atomic E-state index is -0.927. The fourth-order valence-electron chi connectivity index (χ4n) is 0.837. The van der Waals surface area contributed by atoms with Crippen molar-refractivity contribution >= 4 is 28.5 Å². The Bertz CT molecular complexity index is 339. The maximum absolute atomic E-state index is 11.4. The highest BCUT2D eigenvalue weighted by Gasteiger charge is 2.10. The molecule has 0 atom stereocenters. The predicted molar refractivity (Wildman–Crippen MR) is 56.0 cm³/mol. The number of nitrogens with one attached hydrogen (secondary N) is 1. The topological polar surface area (TPSA) is 82.5 Å². The smallest absolute Gasteiger partial charge is 0.323 e. The minimum Gasteiger partial charge on any atom is -0.481 e. The van der Waals surface area contributed by atoms with Crippen LogP contribution in [0.4, 0.5) is 9.93 Å². The summed E-state index contributed by atoms with van der Waals surface area (Å²) >= 11 is 1.31. The standard InChI is InChI=1S/C8H11N3O3S/c1-11(4-2-6(12)13)8(14)10-7-9-3-5-15-7/h3,5H,2,4H2,1H3,(H,12,13)(H,9,10,14). The van der Waals surface area contributed by atoms with Gasteiger partial charge in [0.05, 0.1) is 6.42 Å². The van der Waals surface area contributed by atoms with Gasteiger partial charge in [0.2, 0.25) is 0 Å². The van der Waals surface area contributed by atoms with Gasteiger partial charge in [-0.3, -0.25) is 10.1 Å². The number of carboxylic acids is 1. The van der Waals surface area contributed by atoms with E-state index in [0.717, 1.165) is 0 Å². The number of carboxylic acid groups (broad SMARTS) is 1. The Kier molecular flexibility index (Phi) is 4.04. The average Bonchev–Trinajstić information content (AvgIpc) is 2.66. The van der Waals surface area contributed by atoms with Crippen molar-refractivity contribution in [2.45, 2.75) is 6.42 Å². The molecule has 0 aliphatic heterocycles. The summed E-state index contributed by atoms with van der Waals surface area (Å²) in [6, 6.07) is -0.355. The van der Waals surface area contributed by atoms with E-state index in [2.05, 4.69) is 10.3 Å². The monoisotopic (exact) mass is 229 g/mol. The summed E-state index contributed by atoms with van der Waals surface area (Å²) < 4.78 is 0. The van der Waals surface area contributed by atoms with E-state index in [1.807, 2.05) is 0 Å². The van der Waals surface area contributed by atoms with Crippen LogP contribution in [-0.2, 0) is 4.79 Å². The molecule has 0 radical (unpaired) electrons. The van der Waals surface area contributed by atoms with Crippen LogP contribution in [0.5, 0.6) is 0 Å². The Hall–Kier alpha value is -1.63. The zero-order chi connectivity index (χ0) is 11.3. The minimum absolute atomic E-state index is 0.0677. The van der Waals surface area contributed by atoms with Crippen LogP contribution in [0.15, 0.2) is 11.6 Å². The summed E-state index contributed by atoms with van der Waals surface area (Å²) in [6.45, 7) is 0.173. The Morgan fingerprint density at radius 2 is 2.40 bits per heavy atom. The third-order valence-electron chi connectivity index (χ3n) is 1.65. The number of carbonyl (C=O) groups is 2. The first-order valence-corrected chi connectivity index (χ1v) is 5.11. The number of hydrogen-bond donors (Lipinski definition) is 2. The van der Waals surface area contributed by atoms with Crippen molar-refractivity contribution in [1.82, 2.24) is 9.88 Å². The summed E-state index contributed by atoms with van der Waals surface area (Å²) in [5, 5.41) is 13.2. The first kappa shape index (κ1) is 11.4. The van der Waals surface area contributed by atoms with Crippen molar-refractivity contribution in [3.63, 3.8) is 0 Å². The summed E-state index contributed by atoms with van der Waals surface area (Å²) in [6.07, 6.45) is 1.51. The maximum Gasteiger partial charge on any atom is 0.323 e. The first-order valence-electron chi connectivity index (χ1n) is 4.23. The highest BCUT2D eigenvalue weighted by Crippen LogP contribution is 2.10. The lowest BCUT2D eigenvalue weighted by atomic mass is 10.4. The molecule has 1 heterocycles. The molecule has 0 aromatic carbocycles. The zero-order valence-corrected chi connectivity index (χ0v) is 8.95. The fraction of sp³-hybridized carbons (Fsp3) is 0.375. The van der Waals surface area contributed by atoms with Crippen LogP contribution in [0, 0.1) is 0 Å². The van der Waals surface area contributed by atoms with Crippen LogP contribution in [-0.4, -0.2) is 40.6 Å². The van der Waals surface area contributed by atoms with Crippen molar-refractivity contribution < 1.29 is 14.7 Å². The number of anilines is 1. The van der Waals surface area contributed by atoms with Gasteiger partial charge in [0.15, 0.2) is 5.13 Å². The van der Waals surface area contributed by atoms with E-state index in [9.17, 15) is 9.59 Å². The molecule has 2 amide bonds. The number of rotatable bonds is 4. The van der Waals surface area contributed by atoms with Crippen LogP contribution in [0.25, 0.3) is 0 Å². The molecule has 0 bridgehead atoms. The van der Waals surface area contributed by atoms with Crippen LogP contribution in [0.3, 0.4) is 0 Å². The molecular formula is C8H11N3O3S. The molecule has 2 N–H and O–H groups in total. The molecule has 0 saturated heterocycles. The predicted octanol–water partition coefficient (Wildman–Crippen LogP) is 1.08. The molecule has 1 aromatic heterocycles. The molecular weight excluding hydrogens is 218 g/mol. The molecule has 0 fully saturated rings. The van der Waals surface area contributed by atoms with Crippen LogP contribution in [0.2, 0.25) is 0 Å². The summed E-state index contributed by atoms with van der Waals surface area (Å²) in [5.74, 6) is -0.927. The third-order valence-corrected chi connectivity index (χ3v) is 2.34. The molecule has 7 heteroatoms. The second-order valence-corrected chi connectivity index (χ2v) is 3.73. The number of aliphatic carboxylic acids is 1. The molecule has 82 valence electrons. The SMILES string of the molecule is CN(CCC(=O)O)C(=O)Nc1nccs1. The van der Waals surface area contributed by atoms with E-state index in [1.54, 1.807) is 11.6 Å². The Morgan fingerprint density at radius 1 is 1.67 bits per heavy atom. The van der Waals surface area contributed by atoms with E-state index < -0.39 is 5.97 Å². The molecule has 6 nitrogen and oxygen atoms in total. The zero-order valence-electron chi connectivity index (χ0n) is 8.14. The third kappa shape index (κ3) is 3.94. The molecule has 1 rings (SSSR count).